The quantitative estimate of drug-likeness (QED) is 0.275. The van der Waals surface area contributed by atoms with Crippen LogP contribution in [0.4, 0.5) is 0 Å². The molecule has 0 bridgehead atoms. The van der Waals surface area contributed by atoms with Crippen molar-refractivity contribution in [3.63, 3.8) is 0 Å². The molecule has 0 radical (unpaired) electrons. The normalized spacial score (nSPS) is 44.1. The average Bonchev–Trinajstić information content (AvgIpc) is 3.29. The van der Waals surface area contributed by atoms with Crippen LogP contribution in [0, 0.1) is 45.8 Å². The van der Waals surface area contributed by atoms with E-state index in [1.54, 1.807) is 0 Å². The van der Waals surface area contributed by atoms with Gasteiger partial charge in [0.05, 0.1) is 0 Å². The number of carbonyl (C=O) groups is 1. The SMILES string of the molecule is C=C(C)[C@@H]1CC[C@@H]2[C@H](CC[C@]3(C)[C@@H]([C@H](C)CCC(C)(CC)C(=C)C)CC[C@@]23C)[C@@]12CCC(=O)O2. The van der Waals surface area contributed by atoms with Crippen molar-refractivity contribution in [1.82, 2.24) is 0 Å². The Labute approximate surface area is 210 Å². The Bertz CT molecular complexity index is 842. The van der Waals surface area contributed by atoms with Gasteiger partial charge in [0.2, 0.25) is 0 Å². The molecule has 9 atom stereocenters. The minimum absolute atomic E-state index is 0.0276. The summed E-state index contributed by atoms with van der Waals surface area (Å²) < 4.78 is 6.34. The number of hydrogen-bond acceptors (Lipinski definition) is 2. The molecule has 0 aromatic carbocycles. The summed E-state index contributed by atoms with van der Waals surface area (Å²) in [5, 5.41) is 0. The van der Waals surface area contributed by atoms with Crippen LogP contribution < -0.4 is 0 Å². The first-order chi connectivity index (χ1) is 15.8. The van der Waals surface area contributed by atoms with E-state index in [4.69, 9.17) is 4.74 Å². The fourth-order valence-corrected chi connectivity index (χ4v) is 9.75. The summed E-state index contributed by atoms with van der Waals surface area (Å²) >= 11 is 0. The summed E-state index contributed by atoms with van der Waals surface area (Å²) in [4.78, 5) is 12.4. The van der Waals surface area contributed by atoms with Crippen LogP contribution >= 0.6 is 0 Å². The van der Waals surface area contributed by atoms with Crippen LogP contribution in [-0.2, 0) is 9.53 Å². The van der Waals surface area contributed by atoms with Gasteiger partial charge in [-0.3, -0.25) is 4.79 Å². The molecule has 2 nitrogen and oxygen atoms in total. The van der Waals surface area contributed by atoms with Crippen molar-refractivity contribution in [2.75, 3.05) is 0 Å². The van der Waals surface area contributed by atoms with E-state index < -0.39 is 0 Å². The summed E-state index contributed by atoms with van der Waals surface area (Å²) in [6, 6.07) is 0. The second kappa shape index (κ2) is 8.81. The summed E-state index contributed by atoms with van der Waals surface area (Å²) in [5.74, 6) is 3.09. The lowest BCUT2D eigenvalue weighted by molar-refractivity contribution is -0.196. The lowest BCUT2D eigenvalue weighted by Crippen LogP contribution is -2.60. The molecule has 1 heterocycles. The van der Waals surface area contributed by atoms with E-state index in [0.29, 0.717) is 35.0 Å². The van der Waals surface area contributed by atoms with E-state index in [2.05, 4.69) is 61.6 Å². The summed E-state index contributed by atoms with van der Waals surface area (Å²) in [6.07, 6.45) is 12.9. The molecule has 1 aliphatic heterocycles. The van der Waals surface area contributed by atoms with Gasteiger partial charge in [-0.05, 0) is 112 Å². The average molecular weight is 469 g/mol. The van der Waals surface area contributed by atoms with Gasteiger partial charge in [0, 0.05) is 18.3 Å². The highest BCUT2D eigenvalue weighted by molar-refractivity contribution is 5.72. The molecular weight excluding hydrogens is 416 g/mol. The van der Waals surface area contributed by atoms with Crippen molar-refractivity contribution in [2.24, 2.45) is 45.8 Å². The van der Waals surface area contributed by atoms with Gasteiger partial charge in [0.15, 0.2) is 0 Å². The maximum atomic E-state index is 12.4. The van der Waals surface area contributed by atoms with Gasteiger partial charge in [-0.1, -0.05) is 58.9 Å². The largest absolute Gasteiger partial charge is 0.458 e. The number of hydrogen-bond donors (Lipinski definition) is 0. The second-order valence-corrected chi connectivity index (χ2v) is 13.8. The van der Waals surface area contributed by atoms with E-state index >= 15 is 0 Å². The summed E-state index contributed by atoms with van der Waals surface area (Å²) in [7, 11) is 0. The first kappa shape index (κ1) is 26.0. The van der Waals surface area contributed by atoms with Crippen LogP contribution in [0.3, 0.4) is 0 Å². The van der Waals surface area contributed by atoms with E-state index in [-0.39, 0.29) is 17.0 Å². The lowest BCUT2D eigenvalue weighted by atomic mass is 9.43. The standard InChI is InChI=1S/C32H52O2/c1-10-29(7,22(4)5)17-13-23(6)25-14-18-31(9)26-12-11-24(21(2)3)32(20-16-28(33)34-32)27(26)15-19-30(25,31)8/h23-27H,2,4,10-20H2,1,3,5-9H3/t23-,24+,25-,26-,27+,29?,30-,31+,32-/m1/s1. The van der Waals surface area contributed by atoms with Crippen LogP contribution in [0.5, 0.6) is 0 Å². The van der Waals surface area contributed by atoms with E-state index in [0.717, 1.165) is 24.7 Å². The molecule has 1 spiro atoms. The van der Waals surface area contributed by atoms with Gasteiger partial charge < -0.3 is 4.74 Å². The predicted molar refractivity (Wildman–Crippen MR) is 142 cm³/mol. The third-order valence-corrected chi connectivity index (χ3v) is 12.6. The van der Waals surface area contributed by atoms with Gasteiger partial charge in [-0.25, -0.2) is 0 Å². The molecule has 0 amide bonds. The van der Waals surface area contributed by atoms with Crippen LogP contribution in [0.15, 0.2) is 24.3 Å². The minimum Gasteiger partial charge on any atom is -0.458 e. The molecule has 34 heavy (non-hydrogen) atoms. The Hall–Kier alpha value is -1.05. The molecule has 2 heteroatoms. The molecular formula is C32H52O2. The van der Waals surface area contributed by atoms with E-state index in [9.17, 15) is 4.79 Å². The Morgan fingerprint density at radius 2 is 1.74 bits per heavy atom. The minimum atomic E-state index is -0.274. The number of fused-ring (bicyclic) bond motifs is 4. The van der Waals surface area contributed by atoms with Gasteiger partial charge in [-0.2, -0.15) is 0 Å². The topological polar surface area (TPSA) is 26.3 Å². The molecule has 0 N–H and O–H groups in total. The highest BCUT2D eigenvalue weighted by Crippen LogP contribution is 2.72. The highest BCUT2D eigenvalue weighted by atomic mass is 16.6. The third kappa shape index (κ3) is 3.67. The highest BCUT2D eigenvalue weighted by Gasteiger charge is 2.68. The molecule has 4 rings (SSSR count). The molecule has 192 valence electrons. The molecule has 1 saturated heterocycles. The number of rotatable bonds is 7. The fraction of sp³-hybridized carbons (Fsp3) is 0.844. The first-order valence-corrected chi connectivity index (χ1v) is 14.4. The summed E-state index contributed by atoms with van der Waals surface area (Å²) in [6.45, 7) is 25.6. The Balaban J connectivity index is 1.58. The molecule has 0 aromatic rings. The van der Waals surface area contributed by atoms with Crippen molar-refractivity contribution < 1.29 is 9.53 Å². The zero-order valence-electron chi connectivity index (χ0n) is 23.4. The van der Waals surface area contributed by atoms with Crippen LogP contribution in [0.1, 0.15) is 119 Å². The molecule has 3 saturated carbocycles. The molecule has 4 fully saturated rings. The fourth-order valence-electron chi connectivity index (χ4n) is 9.75. The molecule has 3 aliphatic carbocycles. The van der Waals surface area contributed by atoms with Crippen LogP contribution in [0.25, 0.3) is 0 Å². The van der Waals surface area contributed by atoms with E-state index in [1.807, 2.05) is 0 Å². The van der Waals surface area contributed by atoms with Crippen molar-refractivity contribution in [2.45, 2.75) is 125 Å². The maximum Gasteiger partial charge on any atom is 0.306 e. The van der Waals surface area contributed by atoms with Crippen LogP contribution in [-0.4, -0.2) is 11.6 Å². The number of ether oxygens (including phenoxy) is 1. The monoisotopic (exact) mass is 468 g/mol. The van der Waals surface area contributed by atoms with Crippen molar-refractivity contribution >= 4 is 5.97 Å². The number of allylic oxidation sites excluding steroid dienone is 1. The molecule has 4 aliphatic rings. The molecule has 0 aromatic heterocycles. The van der Waals surface area contributed by atoms with Crippen molar-refractivity contribution in [3.05, 3.63) is 24.3 Å². The van der Waals surface area contributed by atoms with Gasteiger partial charge >= 0.3 is 5.97 Å². The zero-order chi connectivity index (χ0) is 25.1. The smallest absolute Gasteiger partial charge is 0.306 e. The van der Waals surface area contributed by atoms with Crippen LogP contribution in [0.2, 0.25) is 0 Å². The molecule has 1 unspecified atom stereocenters. The van der Waals surface area contributed by atoms with E-state index in [1.165, 1.54) is 62.5 Å². The predicted octanol–water partition coefficient (Wildman–Crippen LogP) is 8.91. The lowest BCUT2D eigenvalue weighted by Gasteiger charge is -2.63. The number of esters is 1. The van der Waals surface area contributed by atoms with Crippen molar-refractivity contribution in [1.29, 1.82) is 0 Å². The number of carbonyl (C=O) groups excluding carboxylic acids is 1. The maximum absolute atomic E-state index is 12.4. The third-order valence-electron chi connectivity index (χ3n) is 12.6. The second-order valence-electron chi connectivity index (χ2n) is 13.8. The Morgan fingerprint density at radius 3 is 2.29 bits per heavy atom. The first-order valence-electron chi connectivity index (χ1n) is 14.4. The van der Waals surface area contributed by atoms with Gasteiger partial charge in [0.1, 0.15) is 5.60 Å². The van der Waals surface area contributed by atoms with Gasteiger partial charge in [0.25, 0.3) is 0 Å². The zero-order valence-corrected chi connectivity index (χ0v) is 23.4. The van der Waals surface area contributed by atoms with Gasteiger partial charge in [-0.15, -0.1) is 0 Å². The summed E-state index contributed by atoms with van der Waals surface area (Å²) in [5.41, 5.74) is 3.30. The Kier molecular flexibility index (Phi) is 6.74. The van der Waals surface area contributed by atoms with Crippen molar-refractivity contribution in [3.8, 4) is 0 Å². The Morgan fingerprint density at radius 1 is 1.06 bits per heavy atom.